The van der Waals surface area contributed by atoms with Crippen molar-refractivity contribution in [2.45, 2.75) is 50.4 Å². The van der Waals surface area contributed by atoms with Crippen LogP contribution in [0.3, 0.4) is 0 Å². The quantitative estimate of drug-likeness (QED) is 0.359. The number of nitrogens with zero attached hydrogens (tertiary/aromatic N) is 2. The lowest BCUT2D eigenvalue weighted by Crippen LogP contribution is -2.49. The summed E-state index contributed by atoms with van der Waals surface area (Å²) in [5.74, 6) is 10.5. The molecule has 8 nitrogen and oxygen atoms in total. The second-order valence-electron chi connectivity index (χ2n) is 8.08. The van der Waals surface area contributed by atoms with Crippen LogP contribution in [0.15, 0.2) is 24.4 Å². The van der Waals surface area contributed by atoms with Gasteiger partial charge in [0, 0.05) is 41.9 Å². The monoisotopic (exact) mass is 430 g/mol. The van der Waals surface area contributed by atoms with Crippen LogP contribution in [0.1, 0.15) is 39.2 Å². The average molecular weight is 431 g/mol. The molecule has 1 heterocycles. The summed E-state index contributed by atoms with van der Waals surface area (Å²) in [5, 5.41) is 14.1. The number of carbonyl (C=O) groups excluding carboxylic acids is 1. The first-order valence-electron chi connectivity index (χ1n) is 9.25. The third-order valence-electron chi connectivity index (χ3n) is 4.67. The van der Waals surface area contributed by atoms with Crippen molar-refractivity contribution in [1.82, 2.24) is 15.3 Å². The first-order valence-corrected chi connectivity index (χ1v) is 11.1. The maximum Gasteiger partial charge on any atom is 0.264 e. The molecule has 1 aromatic carbocycles. The number of nitrogens with one attached hydrogen (secondary N) is 1. The van der Waals surface area contributed by atoms with Crippen molar-refractivity contribution in [2.75, 3.05) is 6.26 Å². The number of hydrogen-bond donors (Lipinski definition) is 3. The van der Waals surface area contributed by atoms with Gasteiger partial charge in [-0.3, -0.25) is 14.7 Å². The highest BCUT2D eigenvalue weighted by molar-refractivity contribution is 7.92. The molecule has 0 aliphatic heterocycles. The third kappa shape index (κ3) is 5.83. The van der Waals surface area contributed by atoms with Crippen LogP contribution >= 0.6 is 0 Å². The van der Waals surface area contributed by atoms with Crippen LogP contribution in [0, 0.1) is 23.7 Å². The summed E-state index contributed by atoms with van der Waals surface area (Å²) in [7, 11) is -3.76. The van der Waals surface area contributed by atoms with E-state index in [-0.39, 0.29) is 18.5 Å². The van der Waals surface area contributed by atoms with Crippen molar-refractivity contribution in [3.8, 4) is 23.7 Å². The van der Waals surface area contributed by atoms with Gasteiger partial charge in [-0.2, -0.15) is 5.10 Å². The normalized spacial score (nSPS) is 13.5. The number of rotatable bonds is 6. The van der Waals surface area contributed by atoms with Gasteiger partial charge in [0.2, 0.25) is 0 Å². The molecule has 2 rings (SSSR count). The van der Waals surface area contributed by atoms with Gasteiger partial charge in [-0.25, -0.2) is 13.9 Å². The summed E-state index contributed by atoms with van der Waals surface area (Å²) < 4.78 is 23.9. The summed E-state index contributed by atoms with van der Waals surface area (Å²) in [4.78, 5) is 11.9. The Morgan fingerprint density at radius 3 is 2.60 bits per heavy atom. The summed E-state index contributed by atoms with van der Waals surface area (Å²) in [6.45, 7) is 5.25. The van der Waals surface area contributed by atoms with E-state index in [1.54, 1.807) is 10.9 Å². The fourth-order valence-electron chi connectivity index (χ4n) is 2.60. The molecule has 1 aromatic heterocycles. The maximum atomic E-state index is 12.1. The SMILES string of the molecule is CC(C)(N)CC#CC#Cc1ccc2nn(CCC(C)(C(=O)NO)S(C)(=O)=O)cc2c1. The lowest BCUT2D eigenvalue weighted by molar-refractivity contribution is -0.131. The zero-order chi connectivity index (χ0) is 22.6. The highest BCUT2D eigenvalue weighted by Gasteiger charge is 2.43. The van der Waals surface area contributed by atoms with E-state index >= 15 is 0 Å². The van der Waals surface area contributed by atoms with Crippen molar-refractivity contribution in [3.05, 3.63) is 30.0 Å². The Morgan fingerprint density at radius 1 is 1.30 bits per heavy atom. The lowest BCUT2D eigenvalue weighted by atomic mass is 10.0. The number of sulfone groups is 1. The molecule has 0 spiro atoms. The number of hydrogen-bond acceptors (Lipinski definition) is 6. The highest BCUT2D eigenvalue weighted by Crippen LogP contribution is 2.23. The molecule has 0 radical (unpaired) electrons. The number of aromatic nitrogens is 2. The molecule has 160 valence electrons. The Labute approximate surface area is 176 Å². The van der Waals surface area contributed by atoms with E-state index in [1.807, 2.05) is 32.0 Å². The molecule has 0 bridgehead atoms. The van der Waals surface area contributed by atoms with Crippen LogP contribution in [-0.2, 0) is 21.2 Å². The zero-order valence-corrected chi connectivity index (χ0v) is 18.3. The molecule has 30 heavy (non-hydrogen) atoms. The lowest BCUT2D eigenvalue weighted by Gasteiger charge is -2.24. The molecule has 0 saturated carbocycles. The van der Waals surface area contributed by atoms with Gasteiger partial charge >= 0.3 is 0 Å². The van der Waals surface area contributed by atoms with Gasteiger partial charge in [0.25, 0.3) is 5.91 Å². The molecular weight excluding hydrogens is 404 g/mol. The number of fused-ring (bicyclic) bond motifs is 1. The van der Waals surface area contributed by atoms with E-state index in [4.69, 9.17) is 10.9 Å². The van der Waals surface area contributed by atoms with Crippen LogP contribution in [-0.4, -0.2) is 45.9 Å². The second kappa shape index (κ2) is 8.88. The van der Waals surface area contributed by atoms with Gasteiger partial charge in [-0.05, 0) is 57.2 Å². The summed E-state index contributed by atoms with van der Waals surface area (Å²) >= 11 is 0. The van der Waals surface area contributed by atoms with Crippen molar-refractivity contribution < 1.29 is 18.4 Å². The molecule has 1 amide bonds. The molecule has 1 unspecified atom stereocenters. The number of hydroxylamine groups is 1. The summed E-state index contributed by atoms with van der Waals surface area (Å²) in [5.41, 5.74) is 8.43. The maximum absolute atomic E-state index is 12.1. The molecule has 0 aliphatic rings. The zero-order valence-electron chi connectivity index (χ0n) is 17.5. The minimum absolute atomic E-state index is 0.0496. The number of benzene rings is 1. The van der Waals surface area contributed by atoms with Crippen LogP contribution in [0.25, 0.3) is 10.9 Å². The number of nitrogens with two attached hydrogens (primary N) is 1. The van der Waals surface area contributed by atoms with Gasteiger partial charge < -0.3 is 5.73 Å². The topological polar surface area (TPSA) is 127 Å². The largest absolute Gasteiger partial charge is 0.325 e. The first kappa shape index (κ1) is 23.4. The molecule has 4 N–H and O–H groups in total. The molecule has 2 aromatic rings. The highest BCUT2D eigenvalue weighted by atomic mass is 32.2. The number of aryl methyl sites for hydroxylation is 1. The molecule has 9 heteroatoms. The van der Waals surface area contributed by atoms with Gasteiger partial charge in [0.05, 0.1) is 5.52 Å². The van der Waals surface area contributed by atoms with Gasteiger partial charge in [0.1, 0.15) is 0 Å². The molecular formula is C21H26N4O4S. The van der Waals surface area contributed by atoms with Gasteiger partial charge in [-0.15, -0.1) is 0 Å². The number of amides is 1. The molecule has 0 saturated heterocycles. The Balaban J connectivity index is 2.18. The fourth-order valence-corrected chi connectivity index (χ4v) is 3.45. The average Bonchev–Trinajstić information content (AvgIpc) is 3.05. The van der Waals surface area contributed by atoms with Crippen molar-refractivity contribution in [3.63, 3.8) is 0 Å². The minimum Gasteiger partial charge on any atom is -0.325 e. The molecule has 1 atom stereocenters. The minimum atomic E-state index is -3.76. The van der Waals surface area contributed by atoms with Gasteiger partial charge in [-0.1, -0.05) is 11.8 Å². The third-order valence-corrected chi connectivity index (χ3v) is 6.70. The van der Waals surface area contributed by atoms with E-state index in [2.05, 4.69) is 28.8 Å². The van der Waals surface area contributed by atoms with Crippen molar-refractivity contribution in [2.24, 2.45) is 5.73 Å². The van der Waals surface area contributed by atoms with Crippen LogP contribution in [0.4, 0.5) is 0 Å². The van der Waals surface area contributed by atoms with Crippen LogP contribution < -0.4 is 11.2 Å². The van der Waals surface area contributed by atoms with E-state index in [1.165, 1.54) is 12.4 Å². The number of carbonyl (C=O) groups is 1. The fraction of sp³-hybridized carbons (Fsp3) is 0.429. The molecule has 0 fully saturated rings. The Kier molecular flexibility index (Phi) is 6.94. The Hall–Kier alpha value is -2.85. The van der Waals surface area contributed by atoms with E-state index < -0.39 is 20.5 Å². The Morgan fingerprint density at radius 2 is 2.00 bits per heavy atom. The van der Waals surface area contributed by atoms with Crippen molar-refractivity contribution >= 4 is 26.6 Å². The standard InChI is InChI=1S/C21H26N4O4S/c1-20(2,22)11-7-5-6-8-16-9-10-18-17(14-16)15-25(23-18)13-12-21(3,19(26)24-27)30(4,28)29/h9-10,14-15,27H,11-13,22H2,1-4H3,(H,24,26). The smallest absolute Gasteiger partial charge is 0.264 e. The molecule has 0 aliphatic carbocycles. The summed E-state index contributed by atoms with van der Waals surface area (Å²) in [6.07, 6.45) is 3.22. The van der Waals surface area contributed by atoms with Crippen molar-refractivity contribution in [1.29, 1.82) is 0 Å². The first-order chi connectivity index (χ1) is 13.9. The van der Waals surface area contributed by atoms with Gasteiger partial charge in [0.15, 0.2) is 14.6 Å². The Bertz CT molecular complexity index is 1170. The predicted molar refractivity (Wildman–Crippen MR) is 115 cm³/mol. The van der Waals surface area contributed by atoms with E-state index in [9.17, 15) is 13.2 Å². The second-order valence-corrected chi connectivity index (χ2v) is 10.5. The van der Waals surface area contributed by atoms with E-state index in [0.29, 0.717) is 11.9 Å². The van der Waals surface area contributed by atoms with E-state index in [0.717, 1.165) is 17.2 Å². The summed E-state index contributed by atoms with van der Waals surface area (Å²) in [6, 6.07) is 5.49. The van der Waals surface area contributed by atoms with Crippen LogP contribution in [0.2, 0.25) is 0 Å². The van der Waals surface area contributed by atoms with Crippen LogP contribution in [0.5, 0.6) is 0 Å². The predicted octanol–water partition coefficient (Wildman–Crippen LogP) is 1.22.